The Morgan fingerprint density at radius 1 is 1.00 bits per heavy atom. The van der Waals surface area contributed by atoms with Gasteiger partial charge in [0.1, 0.15) is 0 Å². The van der Waals surface area contributed by atoms with Crippen molar-refractivity contribution in [3.8, 4) is 0 Å². The summed E-state index contributed by atoms with van der Waals surface area (Å²) in [4.78, 5) is 0. The number of hydrogen-bond donors (Lipinski definition) is 1. The molecule has 3 rings (SSSR count). The Bertz CT molecular complexity index is 591. The molecule has 0 aliphatic carbocycles. The highest BCUT2D eigenvalue weighted by molar-refractivity contribution is 6.30. The first-order chi connectivity index (χ1) is 10.2. The summed E-state index contributed by atoms with van der Waals surface area (Å²) in [5.41, 5.74) is 1.73. The van der Waals surface area contributed by atoms with Crippen LogP contribution in [-0.2, 0) is 10.2 Å². The van der Waals surface area contributed by atoms with Crippen LogP contribution in [0.5, 0.6) is 0 Å². The van der Waals surface area contributed by atoms with Crippen LogP contribution < -0.4 is 0 Å². The fourth-order valence-corrected chi connectivity index (χ4v) is 3.42. The Hall–Kier alpha value is -1.35. The highest BCUT2D eigenvalue weighted by Gasteiger charge is 2.41. The van der Waals surface area contributed by atoms with Gasteiger partial charge in [0.2, 0.25) is 0 Å². The predicted molar refractivity (Wildman–Crippen MR) is 84.6 cm³/mol. The molecule has 1 unspecified atom stereocenters. The van der Waals surface area contributed by atoms with Gasteiger partial charge in [-0.15, -0.1) is 0 Å². The first-order valence-corrected chi connectivity index (χ1v) is 7.67. The normalized spacial score (nSPS) is 19.1. The van der Waals surface area contributed by atoms with Crippen molar-refractivity contribution in [2.45, 2.75) is 24.4 Å². The van der Waals surface area contributed by atoms with Gasteiger partial charge in [0.25, 0.3) is 0 Å². The average Bonchev–Trinajstić information content (AvgIpc) is 2.55. The quantitative estimate of drug-likeness (QED) is 0.924. The summed E-state index contributed by atoms with van der Waals surface area (Å²) in [7, 11) is 0. The van der Waals surface area contributed by atoms with Gasteiger partial charge in [0, 0.05) is 23.7 Å². The summed E-state index contributed by atoms with van der Waals surface area (Å²) in [6.45, 7) is 1.35. The minimum Gasteiger partial charge on any atom is -0.387 e. The van der Waals surface area contributed by atoms with E-state index in [4.69, 9.17) is 16.3 Å². The van der Waals surface area contributed by atoms with Gasteiger partial charge >= 0.3 is 0 Å². The zero-order valence-electron chi connectivity index (χ0n) is 11.8. The first kappa shape index (κ1) is 14.6. The lowest BCUT2D eigenvalue weighted by atomic mass is 9.68. The molecule has 0 saturated carbocycles. The van der Waals surface area contributed by atoms with Crippen molar-refractivity contribution >= 4 is 11.6 Å². The van der Waals surface area contributed by atoms with Crippen molar-refractivity contribution in [1.82, 2.24) is 0 Å². The zero-order chi connectivity index (χ0) is 14.7. The molecule has 0 radical (unpaired) electrons. The van der Waals surface area contributed by atoms with E-state index in [9.17, 15) is 5.11 Å². The summed E-state index contributed by atoms with van der Waals surface area (Å²) in [6, 6.07) is 17.8. The topological polar surface area (TPSA) is 29.5 Å². The molecule has 3 heteroatoms. The van der Waals surface area contributed by atoms with Gasteiger partial charge < -0.3 is 9.84 Å². The van der Waals surface area contributed by atoms with Crippen LogP contribution in [-0.4, -0.2) is 18.3 Å². The molecule has 0 aromatic heterocycles. The molecule has 1 fully saturated rings. The average molecular weight is 303 g/mol. The van der Waals surface area contributed by atoms with Crippen LogP contribution >= 0.6 is 11.6 Å². The number of aliphatic hydroxyl groups excluding tert-OH is 1. The Kier molecular flexibility index (Phi) is 4.29. The van der Waals surface area contributed by atoms with Crippen LogP contribution in [0.1, 0.15) is 30.1 Å². The summed E-state index contributed by atoms with van der Waals surface area (Å²) < 4.78 is 5.52. The Labute approximate surface area is 130 Å². The van der Waals surface area contributed by atoms with E-state index >= 15 is 0 Å². The molecule has 1 aliphatic rings. The fourth-order valence-electron chi connectivity index (χ4n) is 3.22. The third-order valence-electron chi connectivity index (χ3n) is 4.42. The highest BCUT2D eigenvalue weighted by Crippen LogP contribution is 2.45. The Morgan fingerprint density at radius 2 is 1.71 bits per heavy atom. The number of benzene rings is 2. The molecule has 21 heavy (non-hydrogen) atoms. The minimum atomic E-state index is -0.581. The molecule has 1 N–H and O–H groups in total. The number of rotatable bonds is 3. The van der Waals surface area contributed by atoms with Gasteiger partial charge in [0.05, 0.1) is 6.10 Å². The van der Waals surface area contributed by atoms with Gasteiger partial charge in [0.15, 0.2) is 0 Å². The SMILES string of the molecule is OC(c1cccc(Cl)c1)C1(c2ccccc2)CCOCC1. The highest BCUT2D eigenvalue weighted by atomic mass is 35.5. The van der Waals surface area contributed by atoms with Crippen LogP contribution in [0.3, 0.4) is 0 Å². The summed E-state index contributed by atoms with van der Waals surface area (Å²) in [5.74, 6) is 0. The Balaban J connectivity index is 2.03. The van der Waals surface area contributed by atoms with Gasteiger partial charge in [-0.25, -0.2) is 0 Å². The maximum absolute atomic E-state index is 11.1. The third kappa shape index (κ3) is 2.84. The molecule has 0 spiro atoms. The number of halogens is 1. The van der Waals surface area contributed by atoms with Crippen molar-refractivity contribution < 1.29 is 9.84 Å². The van der Waals surface area contributed by atoms with Crippen molar-refractivity contribution in [3.63, 3.8) is 0 Å². The van der Waals surface area contributed by atoms with E-state index in [0.29, 0.717) is 18.2 Å². The fraction of sp³-hybridized carbons (Fsp3) is 0.333. The standard InChI is InChI=1S/C18H19ClO2/c19-16-8-4-5-14(13-16)17(20)18(9-11-21-12-10-18)15-6-2-1-3-7-15/h1-8,13,17,20H,9-12H2. The molecule has 0 amide bonds. The van der Waals surface area contributed by atoms with Gasteiger partial charge in [-0.05, 0) is 36.1 Å². The lowest BCUT2D eigenvalue weighted by molar-refractivity contribution is -0.0170. The second-order valence-corrected chi connectivity index (χ2v) is 6.03. The molecule has 1 atom stereocenters. The molecule has 2 aromatic carbocycles. The molecule has 0 bridgehead atoms. The monoisotopic (exact) mass is 302 g/mol. The number of ether oxygens (including phenoxy) is 1. The number of hydrogen-bond acceptors (Lipinski definition) is 2. The molecule has 110 valence electrons. The maximum Gasteiger partial charge on any atom is 0.0888 e. The zero-order valence-corrected chi connectivity index (χ0v) is 12.6. The van der Waals surface area contributed by atoms with Crippen molar-refractivity contribution in [2.24, 2.45) is 0 Å². The van der Waals surface area contributed by atoms with Crippen molar-refractivity contribution in [3.05, 3.63) is 70.7 Å². The molecule has 2 nitrogen and oxygen atoms in total. The van der Waals surface area contributed by atoms with Crippen LogP contribution in [0, 0.1) is 0 Å². The molecule has 1 aliphatic heterocycles. The minimum absolute atomic E-state index is 0.301. The van der Waals surface area contributed by atoms with E-state index in [0.717, 1.165) is 18.4 Å². The molecular formula is C18H19ClO2. The largest absolute Gasteiger partial charge is 0.387 e. The summed E-state index contributed by atoms with van der Waals surface area (Å²) in [6.07, 6.45) is 1.04. The molecular weight excluding hydrogens is 284 g/mol. The van der Waals surface area contributed by atoms with E-state index < -0.39 is 6.10 Å². The van der Waals surface area contributed by atoms with Crippen LogP contribution in [0.25, 0.3) is 0 Å². The lowest BCUT2D eigenvalue weighted by Gasteiger charge is -2.41. The van der Waals surface area contributed by atoms with Crippen molar-refractivity contribution in [1.29, 1.82) is 0 Å². The van der Waals surface area contributed by atoms with Gasteiger partial charge in [-0.2, -0.15) is 0 Å². The van der Waals surface area contributed by atoms with Gasteiger partial charge in [-0.3, -0.25) is 0 Å². The summed E-state index contributed by atoms with van der Waals surface area (Å²) in [5, 5.41) is 11.7. The van der Waals surface area contributed by atoms with Crippen molar-refractivity contribution in [2.75, 3.05) is 13.2 Å². The molecule has 2 aromatic rings. The maximum atomic E-state index is 11.1. The van der Waals surface area contributed by atoms with Crippen LogP contribution in [0.4, 0.5) is 0 Å². The van der Waals surface area contributed by atoms with E-state index in [1.54, 1.807) is 0 Å². The van der Waals surface area contributed by atoms with E-state index in [-0.39, 0.29) is 5.41 Å². The lowest BCUT2D eigenvalue weighted by Crippen LogP contribution is -2.39. The first-order valence-electron chi connectivity index (χ1n) is 7.29. The third-order valence-corrected chi connectivity index (χ3v) is 4.66. The Morgan fingerprint density at radius 3 is 2.38 bits per heavy atom. The van der Waals surface area contributed by atoms with Gasteiger partial charge in [-0.1, -0.05) is 54.1 Å². The molecule has 1 heterocycles. The van der Waals surface area contributed by atoms with E-state index in [2.05, 4.69) is 12.1 Å². The second kappa shape index (κ2) is 6.18. The van der Waals surface area contributed by atoms with Crippen LogP contribution in [0.2, 0.25) is 5.02 Å². The summed E-state index contributed by atoms with van der Waals surface area (Å²) >= 11 is 6.08. The molecule has 1 saturated heterocycles. The van der Waals surface area contributed by atoms with E-state index in [1.165, 1.54) is 5.56 Å². The smallest absolute Gasteiger partial charge is 0.0888 e. The van der Waals surface area contributed by atoms with Crippen LogP contribution in [0.15, 0.2) is 54.6 Å². The number of aliphatic hydroxyl groups is 1. The predicted octanol–water partition coefficient (Wildman–Crippen LogP) is 4.12. The second-order valence-electron chi connectivity index (χ2n) is 5.59. The van der Waals surface area contributed by atoms with E-state index in [1.807, 2.05) is 42.5 Å².